The summed E-state index contributed by atoms with van der Waals surface area (Å²) in [6.07, 6.45) is -3.07. The first kappa shape index (κ1) is 26.4. The highest BCUT2D eigenvalue weighted by Crippen LogP contribution is 2.45. The number of nitrogens with one attached hydrogen (secondary N) is 1. The SMILES string of the molecule is N#Cc1ccc(C2C3=C(CCCC3=O)N(c3cccc(C(F)(F)F)c3)C(=O)N2C(=O)NC2CCC[C@@H]2O)cc1. The predicted molar refractivity (Wildman–Crippen MR) is 133 cm³/mol. The normalized spacial score (nSPS) is 23.5. The van der Waals surface area contributed by atoms with Gasteiger partial charge in [0.15, 0.2) is 5.78 Å². The molecule has 1 heterocycles. The Hall–Kier alpha value is -4.17. The summed E-state index contributed by atoms with van der Waals surface area (Å²) in [5.74, 6) is -0.325. The molecule has 11 heteroatoms. The van der Waals surface area contributed by atoms with Crippen LogP contribution in [0.2, 0.25) is 0 Å². The van der Waals surface area contributed by atoms with E-state index in [9.17, 15) is 37.9 Å². The molecule has 1 saturated carbocycles. The Morgan fingerprint density at radius 2 is 1.79 bits per heavy atom. The van der Waals surface area contributed by atoms with Crippen LogP contribution in [0.15, 0.2) is 59.8 Å². The average molecular weight is 539 g/mol. The average Bonchev–Trinajstić information content (AvgIpc) is 3.31. The number of urea groups is 2. The minimum atomic E-state index is -4.67. The van der Waals surface area contributed by atoms with Crippen molar-refractivity contribution in [1.82, 2.24) is 10.2 Å². The number of hydrogen-bond donors (Lipinski definition) is 2. The van der Waals surface area contributed by atoms with E-state index in [-0.39, 0.29) is 35.6 Å². The number of carbonyl (C=O) groups excluding carboxylic acids is 3. The van der Waals surface area contributed by atoms with E-state index in [2.05, 4.69) is 5.32 Å². The van der Waals surface area contributed by atoms with Gasteiger partial charge in [-0.25, -0.2) is 14.5 Å². The van der Waals surface area contributed by atoms with Crippen molar-refractivity contribution in [1.29, 1.82) is 5.26 Å². The van der Waals surface area contributed by atoms with E-state index in [1.54, 1.807) is 12.1 Å². The van der Waals surface area contributed by atoms with Crippen LogP contribution in [0.1, 0.15) is 61.3 Å². The van der Waals surface area contributed by atoms with E-state index in [1.165, 1.54) is 24.3 Å². The lowest BCUT2D eigenvalue weighted by Gasteiger charge is -2.44. The summed E-state index contributed by atoms with van der Waals surface area (Å²) in [7, 11) is 0. The first-order valence-corrected chi connectivity index (χ1v) is 12.7. The van der Waals surface area contributed by atoms with Gasteiger partial charge in [-0.05, 0) is 68.0 Å². The highest BCUT2D eigenvalue weighted by Gasteiger charge is 2.48. The Morgan fingerprint density at radius 1 is 1.05 bits per heavy atom. The van der Waals surface area contributed by atoms with E-state index in [1.807, 2.05) is 6.07 Å². The van der Waals surface area contributed by atoms with Crippen molar-refractivity contribution < 1.29 is 32.7 Å². The molecule has 3 aliphatic rings. The molecule has 0 spiro atoms. The largest absolute Gasteiger partial charge is 0.416 e. The number of nitriles is 1. The van der Waals surface area contributed by atoms with Gasteiger partial charge >= 0.3 is 18.2 Å². The van der Waals surface area contributed by atoms with Crippen LogP contribution in [-0.2, 0) is 11.0 Å². The number of rotatable bonds is 3. The molecule has 1 fully saturated rings. The maximum absolute atomic E-state index is 14.1. The number of allylic oxidation sites excluding steroid dienone is 1. The summed E-state index contributed by atoms with van der Waals surface area (Å²) in [6.45, 7) is 0. The zero-order valence-electron chi connectivity index (χ0n) is 20.7. The maximum Gasteiger partial charge on any atom is 0.416 e. The third kappa shape index (κ3) is 4.88. The number of hydrogen-bond acceptors (Lipinski definition) is 5. The van der Waals surface area contributed by atoms with Gasteiger partial charge in [0.1, 0.15) is 0 Å². The van der Waals surface area contributed by atoms with Crippen LogP contribution in [-0.4, -0.2) is 40.0 Å². The second kappa shape index (κ2) is 10.2. The number of anilines is 1. The number of alkyl halides is 3. The molecule has 2 aliphatic carbocycles. The fraction of sp³-hybridized carbons (Fsp3) is 0.357. The fourth-order valence-corrected chi connectivity index (χ4v) is 5.54. The number of aliphatic hydroxyl groups is 1. The van der Waals surface area contributed by atoms with Gasteiger partial charge in [-0.15, -0.1) is 0 Å². The van der Waals surface area contributed by atoms with Crippen LogP contribution in [0.5, 0.6) is 0 Å². The lowest BCUT2D eigenvalue weighted by molar-refractivity contribution is -0.137. The minimum absolute atomic E-state index is 0.117. The summed E-state index contributed by atoms with van der Waals surface area (Å²) in [5.41, 5.74) is 0.0296. The van der Waals surface area contributed by atoms with E-state index >= 15 is 0 Å². The molecule has 39 heavy (non-hydrogen) atoms. The summed E-state index contributed by atoms with van der Waals surface area (Å²) in [5, 5.41) is 22.2. The molecule has 0 aromatic heterocycles. The molecular formula is C28H25F3N4O4. The van der Waals surface area contributed by atoms with Crippen molar-refractivity contribution in [2.75, 3.05) is 4.90 Å². The number of imide groups is 1. The third-order valence-electron chi connectivity index (χ3n) is 7.42. The molecule has 2 aromatic carbocycles. The van der Waals surface area contributed by atoms with Crippen LogP contribution >= 0.6 is 0 Å². The van der Waals surface area contributed by atoms with E-state index in [0.29, 0.717) is 36.8 Å². The molecule has 0 radical (unpaired) electrons. The molecule has 4 amide bonds. The van der Waals surface area contributed by atoms with Gasteiger partial charge in [0.2, 0.25) is 0 Å². The number of halogens is 3. The summed E-state index contributed by atoms with van der Waals surface area (Å²) < 4.78 is 40.7. The molecule has 5 rings (SSSR count). The van der Waals surface area contributed by atoms with Crippen molar-refractivity contribution in [2.24, 2.45) is 0 Å². The Morgan fingerprint density at radius 3 is 2.44 bits per heavy atom. The lowest BCUT2D eigenvalue weighted by atomic mass is 9.83. The van der Waals surface area contributed by atoms with Gasteiger partial charge in [0.25, 0.3) is 0 Å². The molecule has 202 valence electrons. The van der Waals surface area contributed by atoms with Crippen LogP contribution in [0.3, 0.4) is 0 Å². The fourth-order valence-electron chi connectivity index (χ4n) is 5.54. The quantitative estimate of drug-likeness (QED) is 0.558. The Balaban J connectivity index is 1.68. The smallest absolute Gasteiger partial charge is 0.391 e. The van der Waals surface area contributed by atoms with Gasteiger partial charge in [0.05, 0.1) is 41.1 Å². The van der Waals surface area contributed by atoms with Crippen LogP contribution < -0.4 is 10.2 Å². The van der Waals surface area contributed by atoms with Crippen LogP contribution in [0.4, 0.5) is 28.4 Å². The molecule has 2 unspecified atom stereocenters. The Labute approximate surface area is 222 Å². The third-order valence-corrected chi connectivity index (χ3v) is 7.42. The van der Waals surface area contributed by atoms with Crippen molar-refractivity contribution >= 4 is 23.5 Å². The number of Topliss-reactive ketones (excluding diaryl/α,β-unsaturated/α-hetero) is 1. The molecular weight excluding hydrogens is 513 g/mol. The second-order valence-electron chi connectivity index (χ2n) is 9.86. The van der Waals surface area contributed by atoms with Gasteiger partial charge in [0, 0.05) is 17.7 Å². The van der Waals surface area contributed by atoms with E-state index in [4.69, 9.17) is 0 Å². The van der Waals surface area contributed by atoms with Crippen molar-refractivity contribution in [3.8, 4) is 6.07 Å². The molecule has 0 saturated heterocycles. The van der Waals surface area contributed by atoms with Gasteiger partial charge in [-0.1, -0.05) is 18.2 Å². The van der Waals surface area contributed by atoms with E-state index in [0.717, 1.165) is 21.9 Å². The molecule has 8 nitrogen and oxygen atoms in total. The summed E-state index contributed by atoms with van der Waals surface area (Å²) in [6, 6.07) is 8.73. The first-order chi connectivity index (χ1) is 18.6. The van der Waals surface area contributed by atoms with E-state index < -0.39 is 42.0 Å². The van der Waals surface area contributed by atoms with Crippen LogP contribution in [0, 0.1) is 11.3 Å². The zero-order chi connectivity index (χ0) is 27.9. The minimum Gasteiger partial charge on any atom is -0.391 e. The van der Waals surface area contributed by atoms with Gasteiger partial charge < -0.3 is 10.4 Å². The molecule has 2 N–H and O–H groups in total. The molecule has 1 aliphatic heterocycles. The monoisotopic (exact) mass is 538 g/mol. The highest BCUT2D eigenvalue weighted by atomic mass is 19.4. The summed E-state index contributed by atoms with van der Waals surface area (Å²) >= 11 is 0. The van der Waals surface area contributed by atoms with Gasteiger partial charge in [-0.3, -0.25) is 9.69 Å². The summed E-state index contributed by atoms with van der Waals surface area (Å²) in [4.78, 5) is 43.0. The number of nitrogens with zero attached hydrogens (tertiary/aromatic N) is 3. The van der Waals surface area contributed by atoms with Crippen molar-refractivity contribution in [3.05, 3.63) is 76.5 Å². The number of carbonyl (C=O) groups is 3. The molecule has 0 bridgehead atoms. The number of benzene rings is 2. The van der Waals surface area contributed by atoms with Crippen LogP contribution in [0.25, 0.3) is 0 Å². The first-order valence-electron chi connectivity index (χ1n) is 12.7. The second-order valence-corrected chi connectivity index (χ2v) is 9.86. The Bertz CT molecular complexity index is 1400. The Kier molecular flexibility index (Phi) is 6.91. The zero-order valence-corrected chi connectivity index (χ0v) is 20.7. The standard InChI is InChI=1S/C28H25F3N4O4/c29-28(30,31)18-4-1-5-19(14-18)34-21-7-3-9-23(37)24(21)25(17-12-10-16(15-32)11-13-17)35(27(34)39)26(38)33-20-6-2-8-22(20)36/h1,4-5,10-14,20,22,25,36H,2-3,6-9H2,(H,33,38)/t20?,22-,25?/m0/s1. The molecule has 3 atom stereocenters. The lowest BCUT2D eigenvalue weighted by Crippen LogP contribution is -2.58. The number of ketones is 1. The predicted octanol–water partition coefficient (Wildman–Crippen LogP) is 5.19. The van der Waals surface area contributed by atoms with Crippen molar-refractivity contribution in [2.45, 2.75) is 62.9 Å². The van der Waals surface area contributed by atoms with Crippen molar-refractivity contribution in [3.63, 3.8) is 0 Å². The maximum atomic E-state index is 14.1. The number of amides is 4. The topological polar surface area (TPSA) is 114 Å². The molecule has 2 aromatic rings. The highest BCUT2D eigenvalue weighted by molar-refractivity contribution is 6.11. The van der Waals surface area contributed by atoms with Gasteiger partial charge in [-0.2, -0.15) is 18.4 Å². The number of aliphatic hydroxyl groups excluding tert-OH is 1.